The van der Waals surface area contributed by atoms with Gasteiger partial charge in [0.15, 0.2) is 12.0 Å². The zero-order valence-electron chi connectivity index (χ0n) is 11.9. The fourth-order valence-corrected chi connectivity index (χ4v) is 3.65. The van der Waals surface area contributed by atoms with Crippen molar-refractivity contribution in [2.45, 2.75) is 56.0 Å². The second kappa shape index (κ2) is 5.02. The van der Waals surface area contributed by atoms with Crippen LogP contribution in [0.3, 0.4) is 0 Å². The molecule has 3 aliphatic rings. The van der Waals surface area contributed by atoms with Gasteiger partial charge in [-0.15, -0.1) is 0 Å². The summed E-state index contributed by atoms with van der Waals surface area (Å²) in [6.07, 6.45) is 2.93. The molecule has 2 aliphatic heterocycles. The van der Waals surface area contributed by atoms with Crippen molar-refractivity contribution in [3.8, 4) is 0 Å². The molecule has 0 bridgehead atoms. The topological polar surface area (TPSA) is 103 Å². The number of nitrogens with one attached hydrogen (secondary N) is 1. The quantitative estimate of drug-likeness (QED) is 0.762. The van der Waals surface area contributed by atoms with E-state index in [9.17, 15) is 14.7 Å². The average molecular weight is 310 g/mol. The van der Waals surface area contributed by atoms with E-state index in [1.165, 1.54) is 16.8 Å². The second-order valence-corrected chi connectivity index (χ2v) is 6.05. The summed E-state index contributed by atoms with van der Waals surface area (Å²) in [6, 6.07) is 1.26. The maximum absolute atomic E-state index is 12.0. The first-order valence-corrected chi connectivity index (χ1v) is 7.55. The van der Waals surface area contributed by atoms with Gasteiger partial charge in [0.05, 0.1) is 6.61 Å². The second-order valence-electron chi connectivity index (χ2n) is 6.05. The Morgan fingerprint density at radius 1 is 1.27 bits per heavy atom. The molecular weight excluding hydrogens is 292 g/mol. The largest absolute Gasteiger partial charge is 0.394 e. The number of aliphatic hydroxyl groups excluding tert-OH is 1. The first kappa shape index (κ1) is 14.1. The van der Waals surface area contributed by atoms with Gasteiger partial charge in [0.2, 0.25) is 0 Å². The summed E-state index contributed by atoms with van der Waals surface area (Å²) in [5.74, 6) is -0.615. The maximum atomic E-state index is 12.0. The Bertz CT molecular complexity index is 676. The van der Waals surface area contributed by atoms with Gasteiger partial charge < -0.3 is 19.3 Å². The van der Waals surface area contributed by atoms with Gasteiger partial charge in [-0.2, -0.15) is 0 Å². The molecule has 3 heterocycles. The van der Waals surface area contributed by atoms with Gasteiger partial charge in [0.1, 0.15) is 18.3 Å². The summed E-state index contributed by atoms with van der Waals surface area (Å²) in [5.41, 5.74) is -1.03. The van der Waals surface area contributed by atoms with Gasteiger partial charge in [-0.1, -0.05) is 0 Å². The lowest BCUT2D eigenvalue weighted by atomic mass is 10.1. The Kier molecular flexibility index (Phi) is 3.23. The molecule has 22 heavy (non-hydrogen) atoms. The van der Waals surface area contributed by atoms with E-state index < -0.39 is 41.6 Å². The fraction of sp³-hybridized carbons (Fsp3) is 0.714. The number of aromatic nitrogens is 2. The number of nitrogens with zero attached hydrogens (tertiary/aromatic N) is 1. The van der Waals surface area contributed by atoms with Gasteiger partial charge in [0, 0.05) is 25.1 Å². The number of H-pyrrole nitrogens is 1. The maximum Gasteiger partial charge on any atom is 0.330 e. The van der Waals surface area contributed by atoms with Crippen LogP contribution in [-0.4, -0.2) is 45.4 Å². The molecule has 8 nitrogen and oxygen atoms in total. The van der Waals surface area contributed by atoms with E-state index in [1.54, 1.807) is 0 Å². The molecule has 1 aromatic heterocycles. The zero-order valence-corrected chi connectivity index (χ0v) is 11.9. The third-order valence-electron chi connectivity index (χ3n) is 4.66. The molecule has 4 atom stereocenters. The summed E-state index contributed by atoms with van der Waals surface area (Å²) in [7, 11) is 0. The molecule has 0 amide bonds. The highest BCUT2D eigenvalue weighted by atomic mass is 16.8. The number of aromatic amines is 1. The summed E-state index contributed by atoms with van der Waals surface area (Å²) in [6.45, 7) is -0.213. The van der Waals surface area contributed by atoms with Crippen LogP contribution in [0.25, 0.3) is 0 Å². The molecule has 0 aromatic carbocycles. The molecule has 120 valence electrons. The molecule has 3 fully saturated rings. The van der Waals surface area contributed by atoms with Crippen LogP contribution >= 0.6 is 0 Å². The Hall–Kier alpha value is -1.48. The summed E-state index contributed by atoms with van der Waals surface area (Å²) >= 11 is 0. The molecule has 1 aromatic rings. The Balaban J connectivity index is 1.69. The number of fused-ring (bicyclic) bond motifs is 1. The van der Waals surface area contributed by atoms with Crippen LogP contribution in [0.1, 0.15) is 31.9 Å². The number of aliphatic hydroxyl groups is 1. The predicted molar refractivity (Wildman–Crippen MR) is 73.3 cm³/mol. The number of ether oxygens (including phenoxy) is 3. The first-order chi connectivity index (χ1) is 10.6. The predicted octanol–water partition coefficient (Wildman–Crippen LogP) is -0.519. The standard InChI is InChI=1S/C14H18N2O6/c17-7-8-10-11(22-14(21-10)4-1-2-5-14)12(20-8)16-6-3-9(18)15-13(16)19/h3,6,8,10-12,17H,1-2,4-5,7H2,(H,15,18,19)/t8-,10-,11-,12-/m1/s1. The minimum Gasteiger partial charge on any atom is -0.394 e. The monoisotopic (exact) mass is 310 g/mol. The lowest BCUT2D eigenvalue weighted by molar-refractivity contribution is -0.216. The zero-order chi connectivity index (χ0) is 15.3. The minimum atomic E-state index is -0.716. The van der Waals surface area contributed by atoms with Crippen molar-refractivity contribution < 1.29 is 19.3 Å². The molecule has 2 N–H and O–H groups in total. The van der Waals surface area contributed by atoms with Gasteiger partial charge in [-0.3, -0.25) is 14.3 Å². The van der Waals surface area contributed by atoms with Crippen molar-refractivity contribution >= 4 is 0 Å². The van der Waals surface area contributed by atoms with E-state index >= 15 is 0 Å². The lowest BCUT2D eigenvalue weighted by Crippen LogP contribution is -2.37. The Morgan fingerprint density at radius 2 is 2.00 bits per heavy atom. The van der Waals surface area contributed by atoms with Gasteiger partial charge in [-0.25, -0.2) is 4.79 Å². The molecule has 4 rings (SSSR count). The van der Waals surface area contributed by atoms with E-state index in [4.69, 9.17) is 14.2 Å². The fourth-order valence-electron chi connectivity index (χ4n) is 3.65. The van der Waals surface area contributed by atoms with E-state index in [0.29, 0.717) is 0 Å². The summed E-state index contributed by atoms with van der Waals surface area (Å²) in [5, 5.41) is 9.52. The highest BCUT2D eigenvalue weighted by molar-refractivity contribution is 5.00. The molecule has 1 spiro atoms. The minimum absolute atomic E-state index is 0.213. The van der Waals surface area contributed by atoms with Crippen molar-refractivity contribution in [3.05, 3.63) is 33.1 Å². The molecule has 1 saturated carbocycles. The molecule has 8 heteroatoms. The van der Waals surface area contributed by atoms with Crippen molar-refractivity contribution in [2.75, 3.05) is 6.61 Å². The first-order valence-electron chi connectivity index (χ1n) is 7.55. The average Bonchev–Trinajstić information content (AvgIpc) is 3.16. The van der Waals surface area contributed by atoms with Gasteiger partial charge in [0.25, 0.3) is 5.56 Å². The molecular formula is C14H18N2O6. The van der Waals surface area contributed by atoms with Crippen LogP contribution in [0.15, 0.2) is 21.9 Å². The van der Waals surface area contributed by atoms with Crippen LogP contribution < -0.4 is 11.2 Å². The number of rotatable bonds is 2. The molecule has 1 aliphatic carbocycles. The third-order valence-corrected chi connectivity index (χ3v) is 4.66. The van der Waals surface area contributed by atoms with Crippen LogP contribution in [0.2, 0.25) is 0 Å². The number of hydrogen-bond donors (Lipinski definition) is 2. The highest BCUT2D eigenvalue weighted by Gasteiger charge is 2.59. The Labute approximate surface area is 125 Å². The van der Waals surface area contributed by atoms with Crippen molar-refractivity contribution in [1.82, 2.24) is 9.55 Å². The summed E-state index contributed by atoms with van der Waals surface area (Å²) < 4.78 is 19.2. The van der Waals surface area contributed by atoms with Crippen molar-refractivity contribution in [1.29, 1.82) is 0 Å². The van der Waals surface area contributed by atoms with E-state index in [0.717, 1.165) is 25.7 Å². The van der Waals surface area contributed by atoms with Crippen LogP contribution in [-0.2, 0) is 14.2 Å². The van der Waals surface area contributed by atoms with Crippen molar-refractivity contribution in [2.24, 2.45) is 0 Å². The van der Waals surface area contributed by atoms with E-state index in [2.05, 4.69) is 4.98 Å². The Morgan fingerprint density at radius 3 is 2.68 bits per heavy atom. The smallest absolute Gasteiger partial charge is 0.330 e. The van der Waals surface area contributed by atoms with Crippen molar-refractivity contribution in [3.63, 3.8) is 0 Å². The SMILES string of the molecule is O=c1ccn([C@@H]2O[C@H](CO)[C@H]3OC4(CCCC4)O[C@H]32)c(=O)[nH]1. The normalized spacial score (nSPS) is 36.0. The number of hydrogen-bond acceptors (Lipinski definition) is 6. The van der Waals surface area contributed by atoms with E-state index in [-0.39, 0.29) is 6.61 Å². The van der Waals surface area contributed by atoms with Crippen LogP contribution in [0.5, 0.6) is 0 Å². The van der Waals surface area contributed by atoms with Gasteiger partial charge >= 0.3 is 5.69 Å². The van der Waals surface area contributed by atoms with Crippen LogP contribution in [0, 0.1) is 0 Å². The van der Waals surface area contributed by atoms with Gasteiger partial charge in [-0.05, 0) is 12.8 Å². The molecule has 0 unspecified atom stereocenters. The summed E-state index contributed by atoms with van der Waals surface area (Å²) in [4.78, 5) is 25.4. The molecule has 0 radical (unpaired) electrons. The lowest BCUT2D eigenvalue weighted by Gasteiger charge is -2.27. The highest BCUT2D eigenvalue weighted by Crippen LogP contribution is 2.48. The molecule has 2 saturated heterocycles. The van der Waals surface area contributed by atoms with E-state index in [1.807, 2.05) is 0 Å². The van der Waals surface area contributed by atoms with Crippen LogP contribution in [0.4, 0.5) is 0 Å². The third kappa shape index (κ3) is 2.06.